The van der Waals surface area contributed by atoms with Gasteiger partial charge < -0.3 is 21.4 Å². The molecule has 0 saturated heterocycles. The fourth-order valence-electron chi connectivity index (χ4n) is 2.83. The average Bonchev–Trinajstić information content (AvgIpc) is 2.94. The highest BCUT2D eigenvalue weighted by atomic mass is 35.5. The number of anilines is 2. The second kappa shape index (κ2) is 6.94. The second-order valence-corrected chi connectivity index (χ2v) is 7.90. The van der Waals surface area contributed by atoms with Gasteiger partial charge in [-0.3, -0.25) is 0 Å². The molecular formula is C18H23ClFN7. The van der Waals surface area contributed by atoms with Crippen molar-refractivity contribution in [2.24, 2.45) is 5.73 Å². The lowest BCUT2D eigenvalue weighted by Gasteiger charge is -2.21. The third-order valence-corrected chi connectivity index (χ3v) is 4.28. The number of fused-ring (bicyclic) bond motifs is 1. The van der Waals surface area contributed by atoms with E-state index in [9.17, 15) is 4.39 Å². The van der Waals surface area contributed by atoms with E-state index < -0.39 is 11.4 Å². The summed E-state index contributed by atoms with van der Waals surface area (Å²) >= 11 is 6.19. The van der Waals surface area contributed by atoms with Gasteiger partial charge in [0.1, 0.15) is 5.52 Å². The Hall–Kier alpha value is -2.45. The number of aromatic nitrogens is 4. The van der Waals surface area contributed by atoms with E-state index >= 15 is 0 Å². The molecule has 2 aromatic heterocycles. The van der Waals surface area contributed by atoms with Crippen molar-refractivity contribution in [1.29, 1.82) is 0 Å². The third kappa shape index (κ3) is 3.96. The van der Waals surface area contributed by atoms with Crippen LogP contribution < -0.4 is 16.8 Å². The van der Waals surface area contributed by atoms with E-state index in [1.54, 1.807) is 6.07 Å². The number of benzene rings is 1. The van der Waals surface area contributed by atoms with Crippen LogP contribution in [-0.2, 0) is 0 Å². The maximum Gasteiger partial charge on any atom is 0.220 e. The smallest absolute Gasteiger partial charge is 0.220 e. The molecule has 0 radical (unpaired) electrons. The monoisotopic (exact) mass is 391 g/mol. The van der Waals surface area contributed by atoms with Crippen LogP contribution in [0.15, 0.2) is 18.3 Å². The molecule has 5 N–H and O–H groups in total. The summed E-state index contributed by atoms with van der Waals surface area (Å²) in [5.74, 6) is 0.160. The number of hydrogen-bond acceptors (Lipinski definition) is 6. The summed E-state index contributed by atoms with van der Waals surface area (Å²) in [4.78, 5) is 12.4. The van der Waals surface area contributed by atoms with Gasteiger partial charge in [0.15, 0.2) is 5.82 Å². The summed E-state index contributed by atoms with van der Waals surface area (Å²) in [7, 11) is 0. The Labute approximate surface area is 162 Å². The highest BCUT2D eigenvalue weighted by molar-refractivity contribution is 6.33. The zero-order chi connectivity index (χ0) is 19.9. The lowest BCUT2D eigenvalue weighted by molar-refractivity contribution is 0.541. The SMILES string of the molecule is CC(C)n1c(NCC(C)(C)N)nc2c(F)cc(-c3nc(N)ncc3Cl)cc21. The Bertz CT molecular complexity index is 992. The van der Waals surface area contributed by atoms with Crippen molar-refractivity contribution in [3.05, 3.63) is 29.2 Å². The van der Waals surface area contributed by atoms with Crippen LogP contribution in [0.3, 0.4) is 0 Å². The van der Waals surface area contributed by atoms with E-state index in [2.05, 4.69) is 20.3 Å². The highest BCUT2D eigenvalue weighted by Gasteiger charge is 2.20. The number of nitrogens with zero attached hydrogens (tertiary/aromatic N) is 4. The van der Waals surface area contributed by atoms with E-state index in [1.807, 2.05) is 32.3 Å². The lowest BCUT2D eigenvalue weighted by Crippen LogP contribution is -2.40. The molecule has 0 fully saturated rings. The number of nitrogens with two attached hydrogens (primary N) is 2. The number of nitrogen functional groups attached to an aromatic ring is 1. The molecule has 0 aliphatic heterocycles. The fourth-order valence-corrected chi connectivity index (χ4v) is 3.03. The van der Waals surface area contributed by atoms with E-state index in [0.717, 1.165) is 0 Å². The van der Waals surface area contributed by atoms with E-state index in [-0.39, 0.29) is 17.5 Å². The minimum absolute atomic E-state index is 0.0407. The van der Waals surface area contributed by atoms with Gasteiger partial charge in [-0.15, -0.1) is 0 Å². The van der Waals surface area contributed by atoms with Crippen molar-refractivity contribution >= 4 is 34.5 Å². The normalized spacial score (nSPS) is 12.1. The molecular weight excluding hydrogens is 369 g/mol. The first-order valence-electron chi connectivity index (χ1n) is 8.59. The number of rotatable bonds is 5. The summed E-state index contributed by atoms with van der Waals surface area (Å²) < 4.78 is 16.8. The van der Waals surface area contributed by atoms with Gasteiger partial charge in [0.05, 0.1) is 22.4 Å². The standard InChI is InChI=1S/C18H23ClFN7/c1-9(2)27-13-6-10(14-11(19)7-23-16(21)25-14)5-12(20)15(13)26-17(27)24-8-18(3,4)22/h5-7,9H,8,22H2,1-4H3,(H,24,26)(H2,21,23,25). The summed E-state index contributed by atoms with van der Waals surface area (Å²) in [5, 5.41) is 3.51. The van der Waals surface area contributed by atoms with Crippen LogP contribution in [0.1, 0.15) is 33.7 Å². The second-order valence-electron chi connectivity index (χ2n) is 7.49. The molecule has 1 aromatic carbocycles. The predicted molar refractivity (Wildman–Crippen MR) is 107 cm³/mol. The molecule has 7 nitrogen and oxygen atoms in total. The van der Waals surface area contributed by atoms with Crippen LogP contribution in [0.2, 0.25) is 5.02 Å². The molecule has 0 aliphatic carbocycles. The van der Waals surface area contributed by atoms with Crippen molar-refractivity contribution in [2.75, 3.05) is 17.6 Å². The number of imidazole rings is 1. The van der Waals surface area contributed by atoms with Gasteiger partial charge in [-0.2, -0.15) is 0 Å². The molecule has 144 valence electrons. The molecule has 0 unspecified atom stereocenters. The fraction of sp³-hybridized carbons (Fsp3) is 0.389. The van der Waals surface area contributed by atoms with Crippen molar-refractivity contribution < 1.29 is 4.39 Å². The van der Waals surface area contributed by atoms with Gasteiger partial charge in [0.25, 0.3) is 0 Å². The van der Waals surface area contributed by atoms with Gasteiger partial charge in [0, 0.05) is 23.7 Å². The maximum atomic E-state index is 14.8. The first-order valence-corrected chi connectivity index (χ1v) is 8.97. The van der Waals surface area contributed by atoms with Gasteiger partial charge >= 0.3 is 0 Å². The molecule has 0 aliphatic rings. The zero-order valence-electron chi connectivity index (χ0n) is 15.7. The largest absolute Gasteiger partial charge is 0.368 e. The predicted octanol–water partition coefficient (Wildman–Crippen LogP) is 3.60. The summed E-state index contributed by atoms with van der Waals surface area (Å²) in [5.41, 5.74) is 13.1. The van der Waals surface area contributed by atoms with Gasteiger partial charge in [-0.1, -0.05) is 11.6 Å². The Balaban J connectivity index is 2.19. The molecule has 9 heteroatoms. The lowest BCUT2D eigenvalue weighted by atomic mass is 10.1. The van der Waals surface area contributed by atoms with E-state index in [4.69, 9.17) is 23.1 Å². The first-order chi connectivity index (χ1) is 12.6. The van der Waals surface area contributed by atoms with Crippen molar-refractivity contribution in [3.8, 4) is 11.3 Å². The minimum atomic E-state index is -0.467. The van der Waals surface area contributed by atoms with E-state index in [0.29, 0.717) is 34.3 Å². The summed E-state index contributed by atoms with van der Waals surface area (Å²) in [6, 6.07) is 3.20. The minimum Gasteiger partial charge on any atom is -0.368 e. The number of nitrogens with one attached hydrogen (secondary N) is 1. The Morgan fingerprint density at radius 2 is 2.00 bits per heavy atom. The highest BCUT2D eigenvalue weighted by Crippen LogP contribution is 2.33. The Kier molecular flexibility index (Phi) is 4.96. The average molecular weight is 392 g/mol. The summed E-state index contributed by atoms with van der Waals surface area (Å²) in [6.07, 6.45) is 1.40. The molecule has 0 saturated carbocycles. The van der Waals surface area contributed by atoms with Crippen molar-refractivity contribution in [1.82, 2.24) is 19.5 Å². The first kappa shape index (κ1) is 19.3. The van der Waals surface area contributed by atoms with Gasteiger partial charge in [-0.25, -0.2) is 19.3 Å². The van der Waals surface area contributed by atoms with Crippen LogP contribution in [0, 0.1) is 5.82 Å². The molecule has 3 rings (SSSR count). The van der Waals surface area contributed by atoms with Gasteiger partial charge in [-0.05, 0) is 39.8 Å². The van der Waals surface area contributed by atoms with Crippen molar-refractivity contribution in [3.63, 3.8) is 0 Å². The third-order valence-electron chi connectivity index (χ3n) is 4.00. The molecule has 0 atom stereocenters. The molecule has 0 amide bonds. The van der Waals surface area contributed by atoms with Crippen LogP contribution in [-0.4, -0.2) is 31.6 Å². The van der Waals surface area contributed by atoms with E-state index in [1.165, 1.54) is 12.3 Å². The maximum absolute atomic E-state index is 14.8. The van der Waals surface area contributed by atoms with Gasteiger partial charge in [0.2, 0.25) is 11.9 Å². The molecule has 0 bridgehead atoms. The number of halogens is 2. The van der Waals surface area contributed by atoms with Crippen molar-refractivity contribution in [2.45, 2.75) is 39.3 Å². The Morgan fingerprint density at radius 1 is 1.30 bits per heavy atom. The topological polar surface area (TPSA) is 108 Å². The molecule has 0 spiro atoms. The van der Waals surface area contributed by atoms with Crippen LogP contribution in [0.5, 0.6) is 0 Å². The summed E-state index contributed by atoms with van der Waals surface area (Å²) in [6.45, 7) is 8.30. The van der Waals surface area contributed by atoms with Crippen LogP contribution >= 0.6 is 11.6 Å². The molecule has 2 heterocycles. The van der Waals surface area contributed by atoms with Crippen LogP contribution in [0.25, 0.3) is 22.3 Å². The molecule has 27 heavy (non-hydrogen) atoms. The molecule has 3 aromatic rings. The quantitative estimate of drug-likeness (QED) is 0.613. The van der Waals surface area contributed by atoms with Crippen LogP contribution in [0.4, 0.5) is 16.3 Å². The Morgan fingerprint density at radius 3 is 2.63 bits per heavy atom. The zero-order valence-corrected chi connectivity index (χ0v) is 16.5. The number of hydrogen-bond donors (Lipinski definition) is 3.